The van der Waals surface area contributed by atoms with E-state index in [2.05, 4.69) is 18.8 Å². The van der Waals surface area contributed by atoms with E-state index in [0.29, 0.717) is 0 Å². The Morgan fingerprint density at radius 3 is 2.69 bits per heavy atom. The Labute approximate surface area is 83.6 Å². The molecule has 1 N–H and O–H groups in total. The molecule has 0 amide bonds. The molecule has 0 spiro atoms. The molecule has 0 fully saturated rings. The van der Waals surface area contributed by atoms with Gasteiger partial charge in [0.2, 0.25) is 0 Å². The highest BCUT2D eigenvalue weighted by atomic mass is 32.1. The van der Waals surface area contributed by atoms with E-state index in [1.54, 1.807) is 11.3 Å². The molecule has 1 aromatic heterocycles. The van der Waals surface area contributed by atoms with E-state index < -0.39 is 0 Å². The molecule has 1 heterocycles. The average molecular weight is 199 g/mol. The lowest BCUT2D eigenvalue weighted by Gasteiger charge is -2.24. The fourth-order valence-corrected chi connectivity index (χ4v) is 2.21. The molecule has 0 saturated carbocycles. The third-order valence-corrected chi connectivity index (χ3v) is 3.42. The Hall–Kier alpha value is -0.410. The number of hydrogen-bond acceptors (Lipinski definition) is 3. The first kappa shape index (κ1) is 10.7. The zero-order chi connectivity index (χ0) is 9.90. The normalized spacial score (nSPS) is 15.7. The molecule has 13 heavy (non-hydrogen) atoms. The Morgan fingerprint density at radius 2 is 2.31 bits per heavy atom. The summed E-state index contributed by atoms with van der Waals surface area (Å²) in [6.45, 7) is 6.49. The molecule has 0 bridgehead atoms. The third-order valence-electron chi connectivity index (χ3n) is 2.51. The smallest absolute Gasteiger partial charge is 0.0896 e. The van der Waals surface area contributed by atoms with Crippen LogP contribution in [0.3, 0.4) is 0 Å². The fraction of sp³-hybridized carbons (Fsp3) is 0.700. The predicted molar refractivity (Wildman–Crippen MR) is 56.0 cm³/mol. The fourth-order valence-electron chi connectivity index (χ4n) is 1.20. The molecule has 0 saturated heterocycles. The van der Waals surface area contributed by atoms with Crippen molar-refractivity contribution in [3.8, 4) is 0 Å². The Kier molecular flexibility index (Phi) is 3.45. The zero-order valence-electron chi connectivity index (χ0n) is 8.50. The number of thiazole rings is 1. The van der Waals surface area contributed by atoms with Gasteiger partial charge >= 0.3 is 0 Å². The van der Waals surface area contributed by atoms with Crippen molar-refractivity contribution in [3.05, 3.63) is 16.1 Å². The molecule has 0 aliphatic carbocycles. The molecule has 1 aromatic rings. The SMILES string of the molecule is CCC(C)(CO)Cc1cnc(C)s1. The first-order valence-corrected chi connectivity index (χ1v) is 5.43. The summed E-state index contributed by atoms with van der Waals surface area (Å²) in [4.78, 5) is 5.48. The summed E-state index contributed by atoms with van der Waals surface area (Å²) < 4.78 is 0. The van der Waals surface area contributed by atoms with E-state index in [0.717, 1.165) is 17.8 Å². The Morgan fingerprint density at radius 1 is 1.62 bits per heavy atom. The van der Waals surface area contributed by atoms with Crippen LogP contribution >= 0.6 is 11.3 Å². The number of hydrogen-bond donors (Lipinski definition) is 1. The second-order valence-electron chi connectivity index (χ2n) is 3.84. The van der Waals surface area contributed by atoms with Gasteiger partial charge in [0, 0.05) is 17.7 Å². The lowest BCUT2D eigenvalue weighted by atomic mass is 9.85. The van der Waals surface area contributed by atoms with Crippen LogP contribution in [0.15, 0.2) is 6.20 Å². The highest BCUT2D eigenvalue weighted by Crippen LogP contribution is 2.28. The molecule has 0 aromatic carbocycles. The zero-order valence-corrected chi connectivity index (χ0v) is 9.32. The van der Waals surface area contributed by atoms with Crippen LogP contribution in [0.1, 0.15) is 30.2 Å². The van der Waals surface area contributed by atoms with E-state index >= 15 is 0 Å². The molecular formula is C10H17NOS. The van der Waals surface area contributed by atoms with Crippen molar-refractivity contribution >= 4 is 11.3 Å². The lowest BCUT2D eigenvalue weighted by molar-refractivity contribution is 0.138. The summed E-state index contributed by atoms with van der Waals surface area (Å²) >= 11 is 1.72. The summed E-state index contributed by atoms with van der Waals surface area (Å²) in [6.07, 6.45) is 3.86. The van der Waals surface area contributed by atoms with Crippen LogP contribution in [0.2, 0.25) is 0 Å². The van der Waals surface area contributed by atoms with Gasteiger partial charge in [0.25, 0.3) is 0 Å². The second kappa shape index (κ2) is 4.20. The van der Waals surface area contributed by atoms with Crippen LogP contribution < -0.4 is 0 Å². The molecule has 2 nitrogen and oxygen atoms in total. The number of aromatic nitrogens is 1. The molecule has 1 rings (SSSR count). The van der Waals surface area contributed by atoms with Crippen LogP contribution in [0.25, 0.3) is 0 Å². The number of aryl methyl sites for hydroxylation is 1. The van der Waals surface area contributed by atoms with E-state index in [1.165, 1.54) is 4.88 Å². The monoisotopic (exact) mass is 199 g/mol. The predicted octanol–water partition coefficient (Wildman–Crippen LogP) is 2.40. The van der Waals surface area contributed by atoms with E-state index in [4.69, 9.17) is 0 Å². The van der Waals surface area contributed by atoms with Gasteiger partial charge in [0.1, 0.15) is 0 Å². The molecule has 1 atom stereocenters. The standard InChI is InChI=1S/C10H17NOS/c1-4-10(3,7-12)5-9-6-11-8(2)13-9/h6,12H,4-5,7H2,1-3H3. The molecule has 0 aliphatic heterocycles. The van der Waals surface area contributed by atoms with Crippen LogP contribution in [-0.4, -0.2) is 16.7 Å². The van der Waals surface area contributed by atoms with Crippen LogP contribution in [0, 0.1) is 12.3 Å². The number of aliphatic hydroxyl groups is 1. The van der Waals surface area contributed by atoms with Crippen molar-refractivity contribution in [2.24, 2.45) is 5.41 Å². The average Bonchev–Trinajstić information content (AvgIpc) is 2.51. The minimum absolute atomic E-state index is 0.0268. The molecule has 3 heteroatoms. The van der Waals surface area contributed by atoms with Gasteiger partial charge in [-0.05, 0) is 25.2 Å². The maximum absolute atomic E-state index is 9.24. The van der Waals surface area contributed by atoms with Gasteiger partial charge < -0.3 is 5.11 Å². The highest BCUT2D eigenvalue weighted by molar-refractivity contribution is 7.11. The maximum atomic E-state index is 9.24. The Balaban J connectivity index is 2.67. The van der Waals surface area contributed by atoms with Gasteiger partial charge in [-0.25, -0.2) is 4.98 Å². The molecule has 0 radical (unpaired) electrons. The van der Waals surface area contributed by atoms with Crippen molar-refractivity contribution in [2.75, 3.05) is 6.61 Å². The number of rotatable bonds is 4. The molecule has 1 unspecified atom stereocenters. The van der Waals surface area contributed by atoms with E-state index in [1.807, 2.05) is 13.1 Å². The highest BCUT2D eigenvalue weighted by Gasteiger charge is 2.22. The Bertz CT molecular complexity index is 266. The minimum atomic E-state index is 0.0268. The van der Waals surface area contributed by atoms with Gasteiger partial charge in [-0.15, -0.1) is 11.3 Å². The summed E-state index contributed by atoms with van der Waals surface area (Å²) in [6, 6.07) is 0. The van der Waals surface area contributed by atoms with Crippen molar-refractivity contribution < 1.29 is 5.11 Å². The van der Waals surface area contributed by atoms with Crippen molar-refractivity contribution in [3.63, 3.8) is 0 Å². The maximum Gasteiger partial charge on any atom is 0.0896 e. The topological polar surface area (TPSA) is 33.1 Å². The van der Waals surface area contributed by atoms with Crippen LogP contribution in [0.4, 0.5) is 0 Å². The quantitative estimate of drug-likeness (QED) is 0.807. The molecular weight excluding hydrogens is 182 g/mol. The minimum Gasteiger partial charge on any atom is -0.396 e. The summed E-state index contributed by atoms with van der Waals surface area (Å²) in [5.41, 5.74) is 0.0268. The van der Waals surface area contributed by atoms with Gasteiger partial charge in [-0.1, -0.05) is 13.8 Å². The summed E-state index contributed by atoms with van der Waals surface area (Å²) in [5, 5.41) is 10.3. The van der Waals surface area contributed by atoms with Crippen molar-refractivity contribution in [2.45, 2.75) is 33.6 Å². The molecule has 74 valence electrons. The largest absolute Gasteiger partial charge is 0.396 e. The second-order valence-corrected chi connectivity index (χ2v) is 5.16. The van der Waals surface area contributed by atoms with Crippen LogP contribution in [0.5, 0.6) is 0 Å². The lowest BCUT2D eigenvalue weighted by Crippen LogP contribution is -2.22. The van der Waals surface area contributed by atoms with Gasteiger partial charge in [0.15, 0.2) is 0 Å². The third kappa shape index (κ3) is 2.78. The van der Waals surface area contributed by atoms with Gasteiger partial charge in [-0.2, -0.15) is 0 Å². The van der Waals surface area contributed by atoms with Gasteiger partial charge in [0.05, 0.1) is 5.01 Å². The summed E-state index contributed by atoms with van der Waals surface area (Å²) in [5.74, 6) is 0. The first-order chi connectivity index (χ1) is 6.09. The first-order valence-electron chi connectivity index (χ1n) is 4.62. The van der Waals surface area contributed by atoms with Crippen LogP contribution in [-0.2, 0) is 6.42 Å². The van der Waals surface area contributed by atoms with E-state index in [9.17, 15) is 5.11 Å². The van der Waals surface area contributed by atoms with Crippen molar-refractivity contribution in [1.29, 1.82) is 0 Å². The van der Waals surface area contributed by atoms with Gasteiger partial charge in [-0.3, -0.25) is 0 Å². The molecule has 0 aliphatic rings. The van der Waals surface area contributed by atoms with E-state index in [-0.39, 0.29) is 12.0 Å². The number of nitrogens with zero attached hydrogens (tertiary/aromatic N) is 1. The van der Waals surface area contributed by atoms with Crippen molar-refractivity contribution in [1.82, 2.24) is 4.98 Å². The summed E-state index contributed by atoms with van der Waals surface area (Å²) in [7, 11) is 0. The number of aliphatic hydroxyl groups excluding tert-OH is 1.